The van der Waals surface area contributed by atoms with E-state index in [2.05, 4.69) is 5.32 Å². The van der Waals surface area contributed by atoms with Crippen molar-refractivity contribution in [1.82, 2.24) is 10.2 Å². The number of hydrogen-bond donors (Lipinski definition) is 1. The number of carbonyl (C=O) groups is 5. The molecule has 1 aliphatic heterocycles. The van der Waals surface area contributed by atoms with Crippen molar-refractivity contribution in [3.05, 3.63) is 35.4 Å². The standard InChI is InChI=1S/C19H22N2O7/c1-3-27-16(23)9-6-10-20-15(22)11-28-19(26)12(2)21-17(24)13-7-4-5-8-14(13)18(21)25/h4-5,7-8,12H,3,6,9-11H2,1-2H3,(H,20,22). The van der Waals surface area contributed by atoms with Gasteiger partial charge in [0.1, 0.15) is 6.04 Å². The van der Waals surface area contributed by atoms with Crippen molar-refractivity contribution in [2.45, 2.75) is 32.7 Å². The van der Waals surface area contributed by atoms with E-state index >= 15 is 0 Å². The van der Waals surface area contributed by atoms with Crippen LogP contribution in [0.15, 0.2) is 24.3 Å². The molecule has 0 saturated heterocycles. The van der Waals surface area contributed by atoms with Crippen molar-refractivity contribution in [3.8, 4) is 0 Å². The summed E-state index contributed by atoms with van der Waals surface area (Å²) in [6.45, 7) is 3.04. The van der Waals surface area contributed by atoms with E-state index in [-0.39, 0.29) is 30.1 Å². The minimum absolute atomic E-state index is 0.171. The zero-order valence-corrected chi connectivity index (χ0v) is 15.7. The monoisotopic (exact) mass is 390 g/mol. The molecule has 0 radical (unpaired) electrons. The molecule has 0 fully saturated rings. The Hall–Kier alpha value is -3.23. The van der Waals surface area contributed by atoms with Gasteiger partial charge in [0.05, 0.1) is 17.7 Å². The molecular formula is C19H22N2O7. The van der Waals surface area contributed by atoms with Crippen LogP contribution in [-0.2, 0) is 23.9 Å². The molecule has 1 atom stereocenters. The summed E-state index contributed by atoms with van der Waals surface area (Å²) in [5, 5.41) is 2.50. The molecular weight excluding hydrogens is 368 g/mol. The van der Waals surface area contributed by atoms with Gasteiger partial charge in [-0.25, -0.2) is 4.79 Å². The minimum Gasteiger partial charge on any atom is -0.466 e. The van der Waals surface area contributed by atoms with Crippen LogP contribution in [0.1, 0.15) is 47.4 Å². The number of hydrogen-bond acceptors (Lipinski definition) is 7. The number of nitrogens with one attached hydrogen (secondary N) is 1. The van der Waals surface area contributed by atoms with Crippen LogP contribution in [0.4, 0.5) is 0 Å². The van der Waals surface area contributed by atoms with Gasteiger partial charge in [-0.05, 0) is 32.4 Å². The summed E-state index contributed by atoms with van der Waals surface area (Å²) in [7, 11) is 0. The number of carbonyl (C=O) groups excluding carboxylic acids is 5. The van der Waals surface area contributed by atoms with Crippen LogP contribution in [-0.4, -0.2) is 60.4 Å². The van der Waals surface area contributed by atoms with E-state index in [1.807, 2.05) is 0 Å². The molecule has 1 unspecified atom stereocenters. The zero-order valence-electron chi connectivity index (χ0n) is 15.7. The number of ether oxygens (including phenoxy) is 2. The third-order valence-electron chi connectivity index (χ3n) is 4.08. The zero-order chi connectivity index (χ0) is 20.7. The van der Waals surface area contributed by atoms with E-state index in [0.29, 0.717) is 13.0 Å². The molecule has 1 aliphatic rings. The molecule has 28 heavy (non-hydrogen) atoms. The second-order valence-electron chi connectivity index (χ2n) is 6.07. The Morgan fingerprint density at radius 3 is 2.25 bits per heavy atom. The first kappa shape index (κ1) is 21.1. The van der Waals surface area contributed by atoms with Crippen LogP contribution in [0.25, 0.3) is 0 Å². The highest BCUT2D eigenvalue weighted by atomic mass is 16.5. The number of benzene rings is 1. The molecule has 9 nitrogen and oxygen atoms in total. The molecule has 3 amide bonds. The summed E-state index contributed by atoms with van der Waals surface area (Å²) in [6.07, 6.45) is 0.564. The summed E-state index contributed by atoms with van der Waals surface area (Å²) >= 11 is 0. The minimum atomic E-state index is -1.16. The lowest BCUT2D eigenvalue weighted by atomic mass is 10.1. The van der Waals surface area contributed by atoms with Crippen molar-refractivity contribution in [2.24, 2.45) is 0 Å². The maximum absolute atomic E-state index is 12.3. The Bertz CT molecular complexity index is 755. The molecule has 0 bridgehead atoms. The molecule has 2 rings (SSSR count). The molecule has 0 aromatic heterocycles. The fourth-order valence-corrected chi connectivity index (χ4v) is 2.67. The molecule has 1 N–H and O–H groups in total. The van der Waals surface area contributed by atoms with Gasteiger partial charge in [-0.2, -0.15) is 0 Å². The third-order valence-corrected chi connectivity index (χ3v) is 4.08. The molecule has 1 aromatic carbocycles. The van der Waals surface area contributed by atoms with E-state index in [4.69, 9.17) is 9.47 Å². The molecule has 0 spiro atoms. The van der Waals surface area contributed by atoms with Crippen LogP contribution in [0.3, 0.4) is 0 Å². The molecule has 0 aliphatic carbocycles. The van der Waals surface area contributed by atoms with E-state index in [1.54, 1.807) is 19.1 Å². The lowest BCUT2D eigenvalue weighted by Crippen LogP contribution is -2.44. The average molecular weight is 390 g/mol. The predicted octanol–water partition coefficient (Wildman–Crippen LogP) is 0.674. The van der Waals surface area contributed by atoms with Gasteiger partial charge in [0.15, 0.2) is 6.61 Å². The summed E-state index contributed by atoms with van der Waals surface area (Å²) < 4.78 is 9.66. The Kier molecular flexibility index (Phi) is 7.25. The Morgan fingerprint density at radius 1 is 1.07 bits per heavy atom. The molecule has 9 heteroatoms. The smallest absolute Gasteiger partial charge is 0.329 e. The largest absolute Gasteiger partial charge is 0.466 e. The highest BCUT2D eigenvalue weighted by Crippen LogP contribution is 2.24. The third kappa shape index (κ3) is 4.93. The number of imide groups is 1. The van der Waals surface area contributed by atoms with Crippen LogP contribution in [0.5, 0.6) is 0 Å². The topological polar surface area (TPSA) is 119 Å². The Labute approximate surface area is 162 Å². The van der Waals surface area contributed by atoms with Crippen molar-refractivity contribution in [3.63, 3.8) is 0 Å². The second-order valence-corrected chi connectivity index (χ2v) is 6.07. The van der Waals surface area contributed by atoms with Gasteiger partial charge in [-0.1, -0.05) is 12.1 Å². The van der Waals surface area contributed by atoms with E-state index in [0.717, 1.165) is 4.90 Å². The van der Waals surface area contributed by atoms with Crippen LogP contribution >= 0.6 is 0 Å². The van der Waals surface area contributed by atoms with Gasteiger partial charge < -0.3 is 14.8 Å². The molecule has 150 valence electrons. The van der Waals surface area contributed by atoms with Gasteiger partial charge in [0.25, 0.3) is 17.7 Å². The van der Waals surface area contributed by atoms with Gasteiger partial charge in [0, 0.05) is 13.0 Å². The summed E-state index contributed by atoms with van der Waals surface area (Å²) in [6, 6.07) is 5.12. The van der Waals surface area contributed by atoms with Gasteiger partial charge in [0.2, 0.25) is 0 Å². The van der Waals surface area contributed by atoms with Gasteiger partial charge >= 0.3 is 11.9 Å². The Balaban J connectivity index is 1.77. The number of nitrogens with zero attached hydrogens (tertiary/aromatic N) is 1. The number of rotatable bonds is 9. The van der Waals surface area contributed by atoms with E-state index in [9.17, 15) is 24.0 Å². The van der Waals surface area contributed by atoms with Crippen LogP contribution < -0.4 is 5.32 Å². The summed E-state index contributed by atoms with van der Waals surface area (Å²) in [5.74, 6) is -2.91. The van der Waals surface area contributed by atoms with Crippen LogP contribution in [0, 0.1) is 0 Å². The second kappa shape index (κ2) is 9.63. The van der Waals surface area contributed by atoms with Crippen molar-refractivity contribution in [2.75, 3.05) is 19.8 Å². The fourth-order valence-electron chi connectivity index (χ4n) is 2.67. The average Bonchev–Trinajstić information content (AvgIpc) is 2.94. The quantitative estimate of drug-likeness (QED) is 0.374. The summed E-state index contributed by atoms with van der Waals surface area (Å²) in [4.78, 5) is 60.6. The first-order chi connectivity index (χ1) is 13.4. The number of fused-ring (bicyclic) bond motifs is 1. The van der Waals surface area contributed by atoms with Crippen LogP contribution in [0.2, 0.25) is 0 Å². The molecule has 0 saturated carbocycles. The van der Waals surface area contributed by atoms with Gasteiger partial charge in [-0.3, -0.25) is 24.1 Å². The highest BCUT2D eigenvalue weighted by molar-refractivity contribution is 6.22. The first-order valence-corrected chi connectivity index (χ1v) is 8.92. The highest BCUT2D eigenvalue weighted by Gasteiger charge is 2.41. The van der Waals surface area contributed by atoms with Crippen molar-refractivity contribution >= 4 is 29.7 Å². The number of esters is 2. The van der Waals surface area contributed by atoms with Crippen molar-refractivity contribution < 1.29 is 33.4 Å². The fraction of sp³-hybridized carbons (Fsp3) is 0.421. The first-order valence-electron chi connectivity index (χ1n) is 8.92. The maximum atomic E-state index is 12.3. The lowest BCUT2D eigenvalue weighted by Gasteiger charge is -2.20. The molecule has 1 aromatic rings. The number of amides is 3. The lowest BCUT2D eigenvalue weighted by molar-refractivity contribution is -0.151. The maximum Gasteiger partial charge on any atom is 0.329 e. The summed E-state index contributed by atoms with van der Waals surface area (Å²) in [5.41, 5.74) is 0.456. The Morgan fingerprint density at radius 2 is 1.68 bits per heavy atom. The van der Waals surface area contributed by atoms with E-state index in [1.165, 1.54) is 19.1 Å². The van der Waals surface area contributed by atoms with Crippen molar-refractivity contribution in [1.29, 1.82) is 0 Å². The predicted molar refractivity (Wildman–Crippen MR) is 96.2 cm³/mol. The van der Waals surface area contributed by atoms with E-state index < -0.39 is 36.3 Å². The molecule has 1 heterocycles. The SMILES string of the molecule is CCOC(=O)CCCNC(=O)COC(=O)C(C)N1C(=O)c2ccccc2C1=O. The van der Waals surface area contributed by atoms with Gasteiger partial charge in [-0.15, -0.1) is 0 Å². The normalized spacial score (nSPS) is 13.7.